The highest BCUT2D eigenvalue weighted by molar-refractivity contribution is 5.78. The van der Waals surface area contributed by atoms with E-state index in [1.54, 1.807) is 7.11 Å². The Labute approximate surface area is 102 Å². The van der Waals surface area contributed by atoms with E-state index in [0.717, 1.165) is 16.9 Å². The second-order valence-electron chi connectivity index (χ2n) is 4.16. The Morgan fingerprint density at radius 1 is 1.53 bits per heavy atom. The van der Waals surface area contributed by atoms with E-state index in [2.05, 4.69) is 5.32 Å². The van der Waals surface area contributed by atoms with E-state index in [4.69, 9.17) is 10.5 Å². The molecule has 94 valence electrons. The Morgan fingerprint density at radius 3 is 2.82 bits per heavy atom. The van der Waals surface area contributed by atoms with Crippen molar-refractivity contribution < 1.29 is 9.53 Å². The Kier molecular flexibility index (Phi) is 4.97. The molecular formula is C13H20N2O2. The highest BCUT2D eigenvalue weighted by Gasteiger charge is 2.10. The first-order valence-electron chi connectivity index (χ1n) is 5.69. The van der Waals surface area contributed by atoms with Crippen LogP contribution in [0.2, 0.25) is 0 Å². The minimum atomic E-state index is -0.151. The molecule has 1 unspecified atom stereocenters. The Morgan fingerprint density at radius 2 is 2.24 bits per heavy atom. The third kappa shape index (κ3) is 3.75. The molecule has 0 fully saturated rings. The zero-order valence-corrected chi connectivity index (χ0v) is 10.6. The van der Waals surface area contributed by atoms with Gasteiger partial charge in [-0.2, -0.15) is 0 Å². The van der Waals surface area contributed by atoms with Gasteiger partial charge >= 0.3 is 0 Å². The molecule has 0 radical (unpaired) electrons. The lowest BCUT2D eigenvalue weighted by Crippen LogP contribution is -2.32. The van der Waals surface area contributed by atoms with Gasteiger partial charge < -0.3 is 15.8 Å². The molecule has 1 atom stereocenters. The standard InChI is InChI=1S/C13H20N2O2/c1-9-4-5-11(6-12(9)17-3)8-15-13(16)10(2)7-14/h4-6,10H,7-8,14H2,1-3H3,(H,15,16). The highest BCUT2D eigenvalue weighted by atomic mass is 16.5. The molecule has 3 N–H and O–H groups in total. The predicted molar refractivity (Wildman–Crippen MR) is 67.8 cm³/mol. The number of methoxy groups -OCH3 is 1. The molecule has 0 saturated heterocycles. The van der Waals surface area contributed by atoms with Crippen LogP contribution < -0.4 is 15.8 Å². The van der Waals surface area contributed by atoms with Crippen LogP contribution in [0, 0.1) is 12.8 Å². The van der Waals surface area contributed by atoms with Crippen LogP contribution in [0.4, 0.5) is 0 Å². The molecule has 17 heavy (non-hydrogen) atoms. The highest BCUT2D eigenvalue weighted by Crippen LogP contribution is 2.18. The van der Waals surface area contributed by atoms with Crippen LogP contribution in [0.1, 0.15) is 18.1 Å². The minimum Gasteiger partial charge on any atom is -0.496 e. The smallest absolute Gasteiger partial charge is 0.224 e. The van der Waals surface area contributed by atoms with E-state index < -0.39 is 0 Å². The summed E-state index contributed by atoms with van der Waals surface area (Å²) in [6.07, 6.45) is 0. The number of hydrogen-bond donors (Lipinski definition) is 2. The molecule has 0 saturated carbocycles. The van der Waals surface area contributed by atoms with E-state index in [0.29, 0.717) is 13.1 Å². The number of benzene rings is 1. The number of carbonyl (C=O) groups is 1. The quantitative estimate of drug-likeness (QED) is 0.807. The van der Waals surface area contributed by atoms with Crippen molar-refractivity contribution in [3.05, 3.63) is 29.3 Å². The van der Waals surface area contributed by atoms with Crippen molar-refractivity contribution in [3.8, 4) is 5.75 Å². The maximum atomic E-state index is 11.5. The van der Waals surface area contributed by atoms with Crippen LogP contribution in [-0.2, 0) is 11.3 Å². The van der Waals surface area contributed by atoms with Gasteiger partial charge in [-0.3, -0.25) is 4.79 Å². The van der Waals surface area contributed by atoms with Crippen molar-refractivity contribution >= 4 is 5.91 Å². The Hall–Kier alpha value is -1.55. The average molecular weight is 236 g/mol. The Bertz CT molecular complexity index is 391. The van der Waals surface area contributed by atoms with Crippen molar-refractivity contribution in [2.75, 3.05) is 13.7 Å². The van der Waals surface area contributed by atoms with Crippen LogP contribution in [0.5, 0.6) is 5.75 Å². The summed E-state index contributed by atoms with van der Waals surface area (Å²) in [5, 5.41) is 2.85. The number of nitrogens with two attached hydrogens (primary N) is 1. The first kappa shape index (κ1) is 13.5. The van der Waals surface area contributed by atoms with Crippen LogP contribution in [0.3, 0.4) is 0 Å². The second kappa shape index (κ2) is 6.25. The summed E-state index contributed by atoms with van der Waals surface area (Å²) in [5.74, 6) is 0.665. The Balaban J connectivity index is 2.61. The summed E-state index contributed by atoms with van der Waals surface area (Å²) in [7, 11) is 1.64. The first-order valence-corrected chi connectivity index (χ1v) is 5.69. The molecule has 1 aromatic carbocycles. The zero-order valence-electron chi connectivity index (χ0n) is 10.6. The van der Waals surface area contributed by atoms with Crippen molar-refractivity contribution in [1.82, 2.24) is 5.32 Å². The topological polar surface area (TPSA) is 64.3 Å². The summed E-state index contributed by atoms with van der Waals surface area (Å²) in [4.78, 5) is 11.5. The van der Waals surface area contributed by atoms with Crippen LogP contribution in [0.25, 0.3) is 0 Å². The number of amides is 1. The van der Waals surface area contributed by atoms with E-state index >= 15 is 0 Å². The average Bonchev–Trinajstić information content (AvgIpc) is 2.36. The number of aryl methyl sites for hydroxylation is 1. The van der Waals surface area contributed by atoms with Gasteiger partial charge in [-0.05, 0) is 24.1 Å². The lowest BCUT2D eigenvalue weighted by atomic mass is 10.1. The van der Waals surface area contributed by atoms with Crippen molar-refractivity contribution in [2.24, 2.45) is 11.7 Å². The number of carbonyl (C=O) groups excluding carboxylic acids is 1. The predicted octanol–water partition coefficient (Wildman–Crippen LogP) is 1.21. The largest absolute Gasteiger partial charge is 0.496 e. The summed E-state index contributed by atoms with van der Waals surface area (Å²) < 4.78 is 5.23. The summed E-state index contributed by atoms with van der Waals surface area (Å²) in [6.45, 7) is 4.66. The molecule has 0 bridgehead atoms. The SMILES string of the molecule is COc1cc(CNC(=O)C(C)CN)ccc1C. The fraction of sp³-hybridized carbons (Fsp3) is 0.462. The summed E-state index contributed by atoms with van der Waals surface area (Å²) in [6, 6.07) is 5.89. The maximum absolute atomic E-state index is 11.5. The van der Waals surface area contributed by atoms with Gasteiger partial charge in [0.1, 0.15) is 5.75 Å². The van der Waals surface area contributed by atoms with E-state index in [1.165, 1.54) is 0 Å². The second-order valence-corrected chi connectivity index (χ2v) is 4.16. The van der Waals surface area contributed by atoms with Crippen molar-refractivity contribution in [3.63, 3.8) is 0 Å². The fourth-order valence-electron chi connectivity index (χ4n) is 1.44. The first-order chi connectivity index (χ1) is 8.08. The van der Waals surface area contributed by atoms with Crippen molar-refractivity contribution in [2.45, 2.75) is 20.4 Å². The molecule has 0 spiro atoms. The van der Waals surface area contributed by atoms with Gasteiger partial charge in [-0.15, -0.1) is 0 Å². The summed E-state index contributed by atoms with van der Waals surface area (Å²) >= 11 is 0. The fourth-order valence-corrected chi connectivity index (χ4v) is 1.44. The number of rotatable bonds is 5. The van der Waals surface area contributed by atoms with E-state index in [-0.39, 0.29) is 11.8 Å². The molecule has 1 aromatic rings. The maximum Gasteiger partial charge on any atom is 0.224 e. The molecule has 4 nitrogen and oxygen atoms in total. The molecule has 1 amide bonds. The van der Waals surface area contributed by atoms with Gasteiger partial charge in [0.15, 0.2) is 0 Å². The zero-order chi connectivity index (χ0) is 12.8. The lowest BCUT2D eigenvalue weighted by Gasteiger charge is -2.11. The number of nitrogens with one attached hydrogen (secondary N) is 1. The van der Waals surface area contributed by atoms with Gasteiger partial charge in [0.05, 0.1) is 7.11 Å². The van der Waals surface area contributed by atoms with Crippen LogP contribution in [-0.4, -0.2) is 19.6 Å². The molecular weight excluding hydrogens is 216 g/mol. The van der Waals surface area contributed by atoms with Gasteiger partial charge in [0.25, 0.3) is 0 Å². The normalized spacial score (nSPS) is 12.0. The molecule has 0 aliphatic carbocycles. The third-order valence-electron chi connectivity index (χ3n) is 2.74. The minimum absolute atomic E-state index is 0.0213. The molecule has 4 heteroatoms. The molecule has 0 heterocycles. The van der Waals surface area contributed by atoms with E-state index in [1.807, 2.05) is 32.0 Å². The van der Waals surface area contributed by atoms with Crippen LogP contribution in [0.15, 0.2) is 18.2 Å². The number of ether oxygens (including phenoxy) is 1. The lowest BCUT2D eigenvalue weighted by molar-refractivity contribution is -0.124. The number of hydrogen-bond acceptors (Lipinski definition) is 3. The monoisotopic (exact) mass is 236 g/mol. The molecule has 1 rings (SSSR count). The van der Waals surface area contributed by atoms with Gasteiger partial charge in [0.2, 0.25) is 5.91 Å². The van der Waals surface area contributed by atoms with E-state index in [9.17, 15) is 4.79 Å². The van der Waals surface area contributed by atoms with Gasteiger partial charge in [-0.25, -0.2) is 0 Å². The molecule has 0 aromatic heterocycles. The van der Waals surface area contributed by atoms with Gasteiger partial charge in [0, 0.05) is 19.0 Å². The molecule has 0 aliphatic rings. The summed E-state index contributed by atoms with van der Waals surface area (Å²) in [5.41, 5.74) is 7.53. The molecule has 0 aliphatic heterocycles. The third-order valence-corrected chi connectivity index (χ3v) is 2.74. The van der Waals surface area contributed by atoms with Crippen LogP contribution >= 0.6 is 0 Å². The van der Waals surface area contributed by atoms with Gasteiger partial charge in [-0.1, -0.05) is 19.1 Å². The van der Waals surface area contributed by atoms with Crippen molar-refractivity contribution in [1.29, 1.82) is 0 Å².